The van der Waals surface area contributed by atoms with E-state index in [1.807, 2.05) is 13.8 Å². The molecule has 0 aliphatic heterocycles. The number of carbonyl (C=O) groups is 2. The largest absolute Gasteiger partial charge is 0.303 e. The summed E-state index contributed by atoms with van der Waals surface area (Å²) in [6, 6.07) is 0. The fourth-order valence-electron chi connectivity index (χ4n) is 3.70. The van der Waals surface area contributed by atoms with E-state index in [4.69, 9.17) is 0 Å². The van der Waals surface area contributed by atoms with Gasteiger partial charge < -0.3 is 4.79 Å². The Hall–Kier alpha value is -0.920. The van der Waals surface area contributed by atoms with Gasteiger partial charge in [0.15, 0.2) is 5.78 Å². The van der Waals surface area contributed by atoms with Crippen LogP contribution in [-0.4, -0.2) is 12.1 Å². The summed E-state index contributed by atoms with van der Waals surface area (Å²) in [5, 5.41) is 0. The molecular weight excluding hydrogens is 212 g/mol. The number of hydrogen-bond acceptors (Lipinski definition) is 2. The molecule has 1 saturated carbocycles. The van der Waals surface area contributed by atoms with Gasteiger partial charge in [-0.05, 0) is 32.1 Å². The zero-order chi connectivity index (χ0) is 12.8. The van der Waals surface area contributed by atoms with Gasteiger partial charge in [0.25, 0.3) is 0 Å². The van der Waals surface area contributed by atoms with Crippen molar-refractivity contribution < 1.29 is 9.59 Å². The number of fused-ring (bicyclic) bond motifs is 1. The Labute approximate surface area is 103 Å². The first-order valence-electron chi connectivity index (χ1n) is 6.56. The molecule has 0 N–H and O–H groups in total. The smallest absolute Gasteiger partial charge is 0.159 e. The Kier molecular flexibility index (Phi) is 2.80. The van der Waals surface area contributed by atoms with E-state index in [-0.39, 0.29) is 11.2 Å². The van der Waals surface area contributed by atoms with E-state index in [0.717, 1.165) is 31.1 Å². The van der Waals surface area contributed by atoms with Gasteiger partial charge >= 0.3 is 0 Å². The summed E-state index contributed by atoms with van der Waals surface area (Å²) in [6.07, 6.45) is 4.61. The maximum Gasteiger partial charge on any atom is 0.159 e. The zero-order valence-electron chi connectivity index (χ0n) is 11.3. The van der Waals surface area contributed by atoms with Crippen molar-refractivity contribution in [3.8, 4) is 0 Å². The van der Waals surface area contributed by atoms with Crippen molar-refractivity contribution in [3.63, 3.8) is 0 Å². The average molecular weight is 234 g/mol. The predicted molar refractivity (Wildman–Crippen MR) is 67.6 cm³/mol. The molecule has 0 aromatic carbocycles. The Morgan fingerprint density at radius 2 is 2.00 bits per heavy atom. The molecule has 0 saturated heterocycles. The van der Waals surface area contributed by atoms with Crippen LogP contribution in [0.2, 0.25) is 0 Å². The molecule has 2 aliphatic rings. The van der Waals surface area contributed by atoms with E-state index in [9.17, 15) is 9.59 Å². The fourth-order valence-corrected chi connectivity index (χ4v) is 3.70. The lowest BCUT2D eigenvalue weighted by atomic mass is 9.56. The third-order valence-corrected chi connectivity index (χ3v) is 5.20. The maximum absolute atomic E-state index is 12.2. The molecule has 0 heterocycles. The fraction of sp³-hybridized carbons (Fsp3) is 0.733. The van der Waals surface area contributed by atoms with Gasteiger partial charge in [0.1, 0.15) is 6.29 Å². The molecule has 0 spiro atoms. The molecule has 0 amide bonds. The molecule has 0 bridgehead atoms. The van der Waals surface area contributed by atoms with Crippen molar-refractivity contribution in [3.05, 3.63) is 11.1 Å². The van der Waals surface area contributed by atoms with E-state index in [1.54, 1.807) is 0 Å². The molecule has 0 aromatic rings. The molecule has 0 radical (unpaired) electrons. The minimum atomic E-state index is -0.421. The number of Topliss-reactive ketones (excluding diaryl/α,β-unsaturated/α-hetero) is 1. The van der Waals surface area contributed by atoms with Crippen LogP contribution in [-0.2, 0) is 9.59 Å². The maximum atomic E-state index is 12.2. The van der Waals surface area contributed by atoms with Gasteiger partial charge in [-0.15, -0.1) is 0 Å². The quantitative estimate of drug-likeness (QED) is 0.687. The van der Waals surface area contributed by atoms with Crippen LogP contribution < -0.4 is 0 Å². The lowest BCUT2D eigenvalue weighted by Gasteiger charge is -2.46. The summed E-state index contributed by atoms with van der Waals surface area (Å²) in [6.45, 7) is 8.24. The van der Waals surface area contributed by atoms with Crippen molar-refractivity contribution >= 4 is 12.1 Å². The molecule has 2 rings (SSSR count). The third-order valence-electron chi connectivity index (χ3n) is 5.20. The molecule has 0 aromatic heterocycles. The van der Waals surface area contributed by atoms with Crippen LogP contribution in [0.1, 0.15) is 53.4 Å². The van der Waals surface area contributed by atoms with Gasteiger partial charge in [-0.2, -0.15) is 0 Å². The number of aldehydes is 1. The number of rotatable bonds is 2. The molecule has 1 fully saturated rings. The average Bonchev–Trinajstić information content (AvgIpc) is 2.64. The lowest BCUT2D eigenvalue weighted by Crippen LogP contribution is -2.42. The lowest BCUT2D eigenvalue weighted by molar-refractivity contribution is -0.120. The first-order chi connectivity index (χ1) is 7.85. The van der Waals surface area contributed by atoms with E-state index >= 15 is 0 Å². The zero-order valence-corrected chi connectivity index (χ0v) is 11.3. The summed E-state index contributed by atoms with van der Waals surface area (Å²) >= 11 is 0. The van der Waals surface area contributed by atoms with Gasteiger partial charge in [0, 0.05) is 22.8 Å². The summed E-state index contributed by atoms with van der Waals surface area (Å²) in [5.74, 6) is 0.770. The van der Waals surface area contributed by atoms with Crippen molar-refractivity contribution in [2.45, 2.75) is 53.4 Å². The van der Waals surface area contributed by atoms with Gasteiger partial charge in [0.05, 0.1) is 0 Å². The normalized spacial score (nSPS) is 33.9. The Balaban J connectivity index is 2.61. The van der Waals surface area contributed by atoms with Crippen LogP contribution in [0.4, 0.5) is 0 Å². The highest BCUT2D eigenvalue weighted by atomic mass is 16.1. The van der Waals surface area contributed by atoms with Crippen LogP contribution >= 0.6 is 0 Å². The number of allylic oxidation sites excluding steroid dienone is 2. The number of carbonyl (C=O) groups excluding carboxylic acids is 2. The van der Waals surface area contributed by atoms with Gasteiger partial charge in [-0.1, -0.05) is 26.3 Å². The van der Waals surface area contributed by atoms with Crippen LogP contribution in [0.25, 0.3) is 0 Å². The highest BCUT2D eigenvalue weighted by Gasteiger charge is 2.55. The molecule has 2 unspecified atom stereocenters. The first kappa shape index (κ1) is 12.5. The summed E-state index contributed by atoms with van der Waals surface area (Å²) in [4.78, 5) is 23.6. The number of ketones is 1. The highest BCUT2D eigenvalue weighted by molar-refractivity contribution is 6.01. The molecule has 2 nitrogen and oxygen atoms in total. The summed E-state index contributed by atoms with van der Waals surface area (Å²) in [5.41, 5.74) is 1.63. The Bertz CT molecular complexity index is 403. The number of hydrogen-bond donors (Lipinski definition) is 0. The van der Waals surface area contributed by atoms with Gasteiger partial charge in [-0.3, -0.25) is 4.79 Å². The van der Waals surface area contributed by atoms with Crippen LogP contribution in [0, 0.1) is 16.7 Å². The monoisotopic (exact) mass is 234 g/mol. The Morgan fingerprint density at radius 3 is 2.59 bits per heavy atom. The highest BCUT2D eigenvalue weighted by Crippen LogP contribution is 2.59. The second-order valence-electron chi connectivity index (χ2n) is 6.34. The second-order valence-corrected chi connectivity index (χ2v) is 6.34. The van der Waals surface area contributed by atoms with Crippen molar-refractivity contribution in [2.24, 2.45) is 16.7 Å². The molecule has 2 aliphatic carbocycles. The van der Waals surface area contributed by atoms with E-state index < -0.39 is 5.41 Å². The minimum Gasteiger partial charge on any atom is -0.303 e. The van der Waals surface area contributed by atoms with E-state index in [2.05, 4.69) is 13.8 Å². The first-order valence-corrected chi connectivity index (χ1v) is 6.56. The molecule has 2 heteroatoms. The van der Waals surface area contributed by atoms with Crippen LogP contribution in [0.3, 0.4) is 0 Å². The summed E-state index contributed by atoms with van der Waals surface area (Å²) < 4.78 is 0. The van der Waals surface area contributed by atoms with Gasteiger partial charge in [-0.25, -0.2) is 0 Å². The third kappa shape index (κ3) is 1.53. The molecule has 94 valence electrons. The Morgan fingerprint density at radius 1 is 1.35 bits per heavy atom. The minimum absolute atomic E-state index is 0.178. The van der Waals surface area contributed by atoms with Crippen LogP contribution in [0.15, 0.2) is 11.1 Å². The molecule has 17 heavy (non-hydrogen) atoms. The molecule has 2 atom stereocenters. The van der Waals surface area contributed by atoms with E-state index in [0.29, 0.717) is 12.3 Å². The topological polar surface area (TPSA) is 34.1 Å². The van der Waals surface area contributed by atoms with Crippen LogP contribution in [0.5, 0.6) is 0 Å². The standard InChI is InChI=1S/C15H22O2/c1-10-5-7-15(14(3,4)9-16)8-6-12(17)13(15)11(10)2/h9-10H,5-8H2,1-4H3. The predicted octanol–water partition coefficient (Wildman–Crippen LogP) is 3.31. The van der Waals surface area contributed by atoms with Crippen molar-refractivity contribution in [1.29, 1.82) is 0 Å². The van der Waals surface area contributed by atoms with Gasteiger partial charge in [0.2, 0.25) is 0 Å². The SMILES string of the molecule is CC1=C2C(=O)CCC2(C(C)(C)C=O)CCC1C. The van der Waals surface area contributed by atoms with Crippen molar-refractivity contribution in [2.75, 3.05) is 0 Å². The van der Waals surface area contributed by atoms with Crippen molar-refractivity contribution in [1.82, 2.24) is 0 Å². The second kappa shape index (κ2) is 3.79. The summed E-state index contributed by atoms with van der Waals surface area (Å²) in [7, 11) is 0. The molecular formula is C15H22O2. The van der Waals surface area contributed by atoms with E-state index in [1.165, 1.54) is 5.57 Å².